The van der Waals surface area contributed by atoms with Crippen LogP contribution in [0.2, 0.25) is 0 Å². The number of hydrogen-bond acceptors (Lipinski definition) is 4. The summed E-state index contributed by atoms with van der Waals surface area (Å²) in [5.74, 6) is 1.44. The van der Waals surface area contributed by atoms with Gasteiger partial charge in [0.2, 0.25) is 0 Å². The summed E-state index contributed by atoms with van der Waals surface area (Å²) in [5, 5.41) is 17.2. The van der Waals surface area contributed by atoms with Crippen LogP contribution in [0.5, 0.6) is 0 Å². The normalized spacial score (nSPS) is 23.3. The van der Waals surface area contributed by atoms with E-state index in [1.165, 1.54) is 18.4 Å². The second-order valence-electron chi connectivity index (χ2n) is 4.48. The number of tetrazole rings is 1. The molecule has 5 nitrogen and oxygen atoms in total. The number of aromatic amines is 1. The molecule has 17 heavy (non-hydrogen) atoms. The second kappa shape index (κ2) is 4.63. The van der Waals surface area contributed by atoms with E-state index in [1.54, 1.807) is 0 Å². The number of nitrogens with zero attached hydrogens (tertiary/aromatic N) is 3. The minimum atomic E-state index is 0.582. The van der Waals surface area contributed by atoms with E-state index in [0.717, 1.165) is 5.82 Å². The molecule has 0 aliphatic heterocycles. The lowest BCUT2D eigenvalue weighted by Gasteiger charge is -2.36. The molecule has 1 aliphatic carbocycles. The number of nitrogens with one attached hydrogen (secondary N) is 2. The molecule has 1 fully saturated rings. The lowest BCUT2D eigenvalue weighted by atomic mass is 9.76. The summed E-state index contributed by atoms with van der Waals surface area (Å²) in [6, 6.07) is 11.3. The topological polar surface area (TPSA) is 66.5 Å². The molecule has 0 spiro atoms. The van der Waals surface area contributed by atoms with Crippen LogP contribution in [0.3, 0.4) is 0 Å². The quantitative estimate of drug-likeness (QED) is 0.827. The van der Waals surface area contributed by atoms with Gasteiger partial charge < -0.3 is 5.32 Å². The molecule has 3 rings (SSSR count). The molecule has 1 aromatic heterocycles. The Hall–Kier alpha value is -1.75. The average Bonchev–Trinajstić information content (AvgIpc) is 2.81. The Balaban J connectivity index is 1.46. The van der Waals surface area contributed by atoms with Crippen molar-refractivity contribution in [2.45, 2.75) is 31.3 Å². The summed E-state index contributed by atoms with van der Waals surface area (Å²) < 4.78 is 0. The smallest absolute Gasteiger partial charge is 0.188 e. The van der Waals surface area contributed by atoms with Gasteiger partial charge in [-0.3, -0.25) is 0 Å². The monoisotopic (exact) mass is 229 g/mol. The van der Waals surface area contributed by atoms with Gasteiger partial charge in [0.05, 0.1) is 6.54 Å². The first-order valence-electron chi connectivity index (χ1n) is 5.92. The molecular weight excluding hydrogens is 214 g/mol. The Bertz CT molecular complexity index is 447. The first-order chi connectivity index (χ1) is 8.42. The van der Waals surface area contributed by atoms with Crippen LogP contribution in [0.15, 0.2) is 30.3 Å². The van der Waals surface area contributed by atoms with E-state index in [4.69, 9.17) is 0 Å². The molecule has 0 saturated heterocycles. The molecule has 88 valence electrons. The molecule has 2 N–H and O–H groups in total. The second-order valence-corrected chi connectivity index (χ2v) is 4.48. The van der Waals surface area contributed by atoms with Crippen molar-refractivity contribution in [3.05, 3.63) is 41.7 Å². The van der Waals surface area contributed by atoms with Crippen LogP contribution in [0, 0.1) is 0 Å². The third-order valence-electron chi connectivity index (χ3n) is 3.35. The molecule has 0 radical (unpaired) electrons. The third kappa shape index (κ3) is 2.34. The fourth-order valence-electron chi connectivity index (χ4n) is 2.27. The van der Waals surface area contributed by atoms with E-state index in [9.17, 15) is 0 Å². The van der Waals surface area contributed by atoms with Crippen LogP contribution >= 0.6 is 0 Å². The summed E-state index contributed by atoms with van der Waals surface area (Å²) >= 11 is 0. The summed E-state index contributed by atoms with van der Waals surface area (Å²) in [6.45, 7) is 0.697. The Morgan fingerprint density at radius 1 is 1.24 bits per heavy atom. The van der Waals surface area contributed by atoms with Crippen LogP contribution in [0.1, 0.15) is 30.1 Å². The lowest BCUT2D eigenvalue weighted by molar-refractivity contribution is 0.287. The van der Waals surface area contributed by atoms with Crippen LogP contribution < -0.4 is 5.32 Å². The first-order valence-corrected chi connectivity index (χ1v) is 5.92. The predicted molar refractivity (Wildman–Crippen MR) is 63.2 cm³/mol. The Labute approximate surface area is 99.6 Å². The number of benzene rings is 1. The van der Waals surface area contributed by atoms with Gasteiger partial charge in [0, 0.05) is 6.04 Å². The maximum Gasteiger partial charge on any atom is 0.188 e. The van der Waals surface area contributed by atoms with Gasteiger partial charge in [-0.2, -0.15) is 5.21 Å². The Morgan fingerprint density at radius 2 is 2.06 bits per heavy atom. The highest BCUT2D eigenvalue weighted by Crippen LogP contribution is 2.36. The fourth-order valence-corrected chi connectivity index (χ4v) is 2.27. The molecule has 0 atom stereocenters. The molecule has 1 aromatic carbocycles. The van der Waals surface area contributed by atoms with Gasteiger partial charge >= 0.3 is 0 Å². The van der Waals surface area contributed by atoms with Crippen molar-refractivity contribution in [1.82, 2.24) is 25.9 Å². The minimum Gasteiger partial charge on any atom is -0.307 e. The molecule has 5 heteroatoms. The molecule has 0 unspecified atom stereocenters. The zero-order chi connectivity index (χ0) is 11.5. The van der Waals surface area contributed by atoms with Crippen molar-refractivity contribution in [1.29, 1.82) is 0 Å². The number of rotatable bonds is 4. The zero-order valence-corrected chi connectivity index (χ0v) is 9.50. The first kappa shape index (κ1) is 10.4. The van der Waals surface area contributed by atoms with Crippen molar-refractivity contribution >= 4 is 0 Å². The molecular formula is C12H15N5. The number of aromatic nitrogens is 4. The minimum absolute atomic E-state index is 0.582. The standard InChI is InChI=1S/C12H15N5/c1-2-4-9(5-3-1)10-6-11(7-10)13-8-12-14-16-17-15-12/h1-5,10-11,13H,6-8H2,(H,14,15,16,17). The van der Waals surface area contributed by atoms with Crippen molar-refractivity contribution in [3.8, 4) is 0 Å². The van der Waals surface area contributed by atoms with E-state index >= 15 is 0 Å². The van der Waals surface area contributed by atoms with Gasteiger partial charge in [0.25, 0.3) is 0 Å². The summed E-state index contributed by atoms with van der Waals surface area (Å²) in [7, 11) is 0. The average molecular weight is 229 g/mol. The van der Waals surface area contributed by atoms with E-state index in [1.807, 2.05) is 0 Å². The van der Waals surface area contributed by atoms with Crippen LogP contribution in [0.4, 0.5) is 0 Å². The number of hydrogen-bond donors (Lipinski definition) is 2. The fraction of sp³-hybridized carbons (Fsp3) is 0.417. The van der Waals surface area contributed by atoms with Gasteiger partial charge in [-0.05, 0) is 24.3 Å². The number of H-pyrrole nitrogens is 1. The summed E-state index contributed by atoms with van der Waals surface area (Å²) in [5.41, 5.74) is 1.45. The van der Waals surface area contributed by atoms with Crippen molar-refractivity contribution in [3.63, 3.8) is 0 Å². The highest BCUT2D eigenvalue weighted by Gasteiger charge is 2.29. The largest absolute Gasteiger partial charge is 0.307 e. The van der Waals surface area contributed by atoms with Gasteiger partial charge in [-0.15, -0.1) is 10.2 Å². The van der Waals surface area contributed by atoms with Crippen molar-refractivity contribution in [2.75, 3.05) is 0 Å². The van der Waals surface area contributed by atoms with E-state index in [0.29, 0.717) is 18.5 Å². The van der Waals surface area contributed by atoms with Crippen LogP contribution in [0.25, 0.3) is 0 Å². The lowest BCUT2D eigenvalue weighted by Crippen LogP contribution is -2.39. The maximum absolute atomic E-state index is 3.91. The predicted octanol–water partition coefficient (Wildman–Crippen LogP) is 1.24. The van der Waals surface area contributed by atoms with Gasteiger partial charge in [-0.25, -0.2) is 0 Å². The van der Waals surface area contributed by atoms with Gasteiger partial charge in [0.1, 0.15) is 0 Å². The highest BCUT2D eigenvalue weighted by atomic mass is 15.5. The van der Waals surface area contributed by atoms with E-state index in [-0.39, 0.29) is 0 Å². The van der Waals surface area contributed by atoms with Gasteiger partial charge in [0.15, 0.2) is 5.82 Å². The molecule has 0 amide bonds. The molecule has 1 saturated carbocycles. The SMILES string of the molecule is c1ccc(C2CC(NCc3nn[nH]n3)C2)cc1. The molecule has 2 aromatic rings. The van der Waals surface area contributed by atoms with Crippen molar-refractivity contribution in [2.24, 2.45) is 0 Å². The van der Waals surface area contributed by atoms with Crippen LogP contribution in [-0.2, 0) is 6.54 Å². The zero-order valence-electron chi connectivity index (χ0n) is 9.50. The summed E-state index contributed by atoms with van der Waals surface area (Å²) in [6.07, 6.45) is 2.39. The van der Waals surface area contributed by atoms with E-state index < -0.39 is 0 Å². The molecule has 1 aliphatic rings. The summed E-state index contributed by atoms with van der Waals surface area (Å²) in [4.78, 5) is 0. The molecule has 1 heterocycles. The molecule has 0 bridgehead atoms. The third-order valence-corrected chi connectivity index (χ3v) is 3.35. The Kier molecular flexibility index (Phi) is 2.83. The van der Waals surface area contributed by atoms with E-state index in [2.05, 4.69) is 56.3 Å². The maximum atomic E-state index is 3.91. The van der Waals surface area contributed by atoms with Gasteiger partial charge in [-0.1, -0.05) is 35.5 Å². The van der Waals surface area contributed by atoms with Crippen molar-refractivity contribution < 1.29 is 0 Å². The Morgan fingerprint density at radius 3 is 2.76 bits per heavy atom. The van der Waals surface area contributed by atoms with Crippen LogP contribution in [-0.4, -0.2) is 26.7 Å². The highest BCUT2D eigenvalue weighted by molar-refractivity contribution is 5.22.